The van der Waals surface area contributed by atoms with E-state index >= 15 is 0 Å². The molecule has 9 nitrogen and oxygen atoms in total. The molecular formula is C17H12ClNO8. The fourth-order valence-electron chi connectivity index (χ4n) is 2.72. The Kier molecular flexibility index (Phi) is 4.36. The maximum absolute atomic E-state index is 12.4. The van der Waals surface area contributed by atoms with Gasteiger partial charge in [0.25, 0.3) is 5.69 Å². The molecule has 4 rings (SSSR count). The monoisotopic (exact) mass is 393 g/mol. The number of ether oxygens (including phenoxy) is 5. The van der Waals surface area contributed by atoms with Gasteiger partial charge in [-0.2, -0.15) is 0 Å². The van der Waals surface area contributed by atoms with E-state index in [-0.39, 0.29) is 30.5 Å². The third-order valence-corrected chi connectivity index (χ3v) is 4.21. The Bertz CT molecular complexity index is 945. The smallest absolute Gasteiger partial charge is 0.345 e. The van der Waals surface area contributed by atoms with E-state index in [4.69, 9.17) is 35.3 Å². The minimum absolute atomic E-state index is 0.0688. The lowest BCUT2D eigenvalue weighted by Crippen LogP contribution is -2.16. The van der Waals surface area contributed by atoms with Crippen LogP contribution in [-0.2, 0) is 11.3 Å². The van der Waals surface area contributed by atoms with Gasteiger partial charge in [0.05, 0.1) is 16.0 Å². The van der Waals surface area contributed by atoms with Gasteiger partial charge in [-0.1, -0.05) is 11.6 Å². The fraction of sp³-hybridized carbons (Fsp3) is 0.235. The Morgan fingerprint density at radius 3 is 2.59 bits per heavy atom. The fourth-order valence-corrected chi connectivity index (χ4v) is 3.01. The first-order valence-electron chi connectivity index (χ1n) is 7.86. The second-order valence-electron chi connectivity index (χ2n) is 5.66. The van der Waals surface area contributed by atoms with Crippen molar-refractivity contribution in [1.29, 1.82) is 0 Å². The van der Waals surface area contributed by atoms with E-state index in [0.29, 0.717) is 35.3 Å². The number of hydrogen-bond donors (Lipinski definition) is 0. The number of nitrogens with zero attached hydrogens (tertiary/aromatic N) is 1. The van der Waals surface area contributed by atoms with Crippen LogP contribution >= 0.6 is 11.6 Å². The number of carbonyl (C=O) groups excluding carboxylic acids is 1. The maximum Gasteiger partial charge on any atom is 0.345 e. The molecule has 2 aromatic rings. The van der Waals surface area contributed by atoms with Crippen LogP contribution in [0.4, 0.5) is 5.69 Å². The zero-order chi connectivity index (χ0) is 19.0. The highest BCUT2D eigenvalue weighted by molar-refractivity contribution is 6.32. The molecule has 140 valence electrons. The normalized spacial score (nSPS) is 14.0. The summed E-state index contributed by atoms with van der Waals surface area (Å²) in [6, 6.07) is 5.59. The van der Waals surface area contributed by atoms with E-state index in [1.165, 1.54) is 6.07 Å². The maximum atomic E-state index is 12.4. The summed E-state index contributed by atoms with van der Waals surface area (Å²) in [6.07, 6.45) is 0. The first kappa shape index (κ1) is 17.2. The van der Waals surface area contributed by atoms with Crippen LogP contribution < -0.4 is 18.9 Å². The molecule has 0 atom stereocenters. The lowest BCUT2D eigenvalue weighted by atomic mass is 10.1. The number of nitro benzene ring substituents is 1. The molecule has 0 unspecified atom stereocenters. The minimum Gasteiger partial charge on any atom is -0.486 e. The summed E-state index contributed by atoms with van der Waals surface area (Å²) in [5.41, 5.74) is -0.0988. The molecule has 0 saturated carbocycles. The van der Waals surface area contributed by atoms with E-state index in [1.807, 2.05) is 0 Å². The van der Waals surface area contributed by atoms with Crippen LogP contribution in [0.3, 0.4) is 0 Å². The molecule has 0 radical (unpaired) electrons. The predicted octanol–water partition coefficient (Wildman–Crippen LogP) is 3.11. The molecule has 0 amide bonds. The Labute approximate surface area is 157 Å². The van der Waals surface area contributed by atoms with Crippen LogP contribution in [-0.4, -0.2) is 30.9 Å². The molecule has 2 aromatic carbocycles. The first-order chi connectivity index (χ1) is 13.0. The number of fused-ring (bicyclic) bond motifs is 2. The van der Waals surface area contributed by atoms with E-state index in [9.17, 15) is 14.9 Å². The Balaban J connectivity index is 1.55. The summed E-state index contributed by atoms with van der Waals surface area (Å²) in [5, 5.41) is 11.6. The topological polar surface area (TPSA) is 106 Å². The SMILES string of the molecule is O=C(OCc1cc(Cl)c2c(c1)OCCO2)c1cc2c(cc1[N+](=O)[O-])OCO2. The highest BCUT2D eigenvalue weighted by Gasteiger charge is 2.28. The largest absolute Gasteiger partial charge is 0.486 e. The van der Waals surface area contributed by atoms with Crippen molar-refractivity contribution in [3.05, 3.63) is 50.5 Å². The van der Waals surface area contributed by atoms with Gasteiger partial charge in [0.1, 0.15) is 25.4 Å². The van der Waals surface area contributed by atoms with Crippen molar-refractivity contribution in [2.24, 2.45) is 0 Å². The number of benzene rings is 2. The number of nitro groups is 1. The Hall–Kier alpha value is -3.20. The number of esters is 1. The Morgan fingerprint density at radius 1 is 1.07 bits per heavy atom. The summed E-state index contributed by atoms with van der Waals surface area (Å²) >= 11 is 6.15. The van der Waals surface area contributed by atoms with Crippen molar-refractivity contribution in [2.45, 2.75) is 6.61 Å². The molecule has 2 aliphatic rings. The van der Waals surface area contributed by atoms with Crippen LogP contribution in [0.25, 0.3) is 0 Å². The van der Waals surface area contributed by atoms with Gasteiger partial charge in [-0.25, -0.2) is 4.79 Å². The molecule has 2 heterocycles. The lowest BCUT2D eigenvalue weighted by molar-refractivity contribution is -0.385. The summed E-state index contributed by atoms with van der Waals surface area (Å²) in [4.78, 5) is 23.0. The van der Waals surface area contributed by atoms with E-state index in [0.717, 1.165) is 6.07 Å². The lowest BCUT2D eigenvalue weighted by Gasteiger charge is -2.20. The molecular weight excluding hydrogens is 382 g/mol. The average molecular weight is 394 g/mol. The van der Waals surface area contributed by atoms with Crippen LogP contribution in [0.1, 0.15) is 15.9 Å². The van der Waals surface area contributed by atoms with Crippen molar-refractivity contribution in [1.82, 2.24) is 0 Å². The van der Waals surface area contributed by atoms with Crippen molar-refractivity contribution >= 4 is 23.3 Å². The van der Waals surface area contributed by atoms with Gasteiger partial charge < -0.3 is 23.7 Å². The first-order valence-corrected chi connectivity index (χ1v) is 8.24. The number of carbonyl (C=O) groups is 1. The zero-order valence-electron chi connectivity index (χ0n) is 13.7. The predicted molar refractivity (Wildman–Crippen MR) is 90.8 cm³/mol. The average Bonchev–Trinajstić information content (AvgIpc) is 3.12. The van der Waals surface area contributed by atoms with E-state index in [2.05, 4.69) is 0 Å². The molecule has 10 heteroatoms. The quantitative estimate of drug-likeness (QED) is 0.443. The molecule has 2 aliphatic heterocycles. The molecule has 0 aromatic heterocycles. The van der Waals surface area contributed by atoms with Crippen LogP contribution in [0.15, 0.2) is 24.3 Å². The van der Waals surface area contributed by atoms with Crippen molar-refractivity contribution in [3.8, 4) is 23.0 Å². The summed E-state index contributed by atoms with van der Waals surface area (Å²) < 4.78 is 26.4. The molecule has 0 saturated heterocycles. The second-order valence-corrected chi connectivity index (χ2v) is 6.06. The van der Waals surface area contributed by atoms with E-state index in [1.54, 1.807) is 12.1 Å². The third-order valence-electron chi connectivity index (χ3n) is 3.93. The van der Waals surface area contributed by atoms with Gasteiger partial charge in [-0.05, 0) is 17.7 Å². The van der Waals surface area contributed by atoms with Gasteiger partial charge in [0.15, 0.2) is 23.0 Å². The zero-order valence-corrected chi connectivity index (χ0v) is 14.5. The number of rotatable bonds is 4. The third kappa shape index (κ3) is 3.28. The molecule has 0 aliphatic carbocycles. The van der Waals surface area contributed by atoms with Gasteiger partial charge in [0, 0.05) is 6.07 Å². The number of halogens is 1. The summed E-state index contributed by atoms with van der Waals surface area (Å²) in [7, 11) is 0. The standard InChI is InChI=1S/C17H12ClNO8/c18-11-3-9(4-15-16(11)24-2-1-23-15)7-25-17(20)10-5-13-14(27-8-26-13)6-12(10)19(21)22/h3-6H,1-2,7-8H2. The van der Waals surface area contributed by atoms with Crippen molar-refractivity contribution in [3.63, 3.8) is 0 Å². The van der Waals surface area contributed by atoms with Gasteiger partial charge in [-0.3, -0.25) is 10.1 Å². The molecule has 0 N–H and O–H groups in total. The van der Waals surface area contributed by atoms with Crippen molar-refractivity contribution in [2.75, 3.05) is 20.0 Å². The molecule has 0 spiro atoms. The molecule has 0 fully saturated rings. The molecule has 27 heavy (non-hydrogen) atoms. The summed E-state index contributed by atoms with van der Waals surface area (Å²) in [6.45, 7) is 0.562. The van der Waals surface area contributed by atoms with E-state index < -0.39 is 16.6 Å². The highest BCUT2D eigenvalue weighted by atomic mass is 35.5. The van der Waals surface area contributed by atoms with Crippen LogP contribution in [0.2, 0.25) is 5.02 Å². The van der Waals surface area contributed by atoms with Gasteiger partial charge in [-0.15, -0.1) is 0 Å². The highest BCUT2D eigenvalue weighted by Crippen LogP contribution is 2.40. The molecule has 0 bridgehead atoms. The van der Waals surface area contributed by atoms with Crippen molar-refractivity contribution < 1.29 is 33.4 Å². The Morgan fingerprint density at radius 2 is 1.81 bits per heavy atom. The number of hydrogen-bond acceptors (Lipinski definition) is 8. The second kappa shape index (κ2) is 6.84. The summed E-state index contributed by atoms with van der Waals surface area (Å²) in [5.74, 6) is 0.469. The van der Waals surface area contributed by atoms with Gasteiger partial charge in [0.2, 0.25) is 6.79 Å². The minimum atomic E-state index is -0.869. The van der Waals surface area contributed by atoms with Gasteiger partial charge >= 0.3 is 5.97 Å². The van der Waals surface area contributed by atoms with Crippen LogP contribution in [0, 0.1) is 10.1 Å². The van der Waals surface area contributed by atoms with Crippen LogP contribution in [0.5, 0.6) is 23.0 Å².